The lowest BCUT2D eigenvalue weighted by molar-refractivity contribution is -0.299. The first kappa shape index (κ1) is 26.1. The maximum absolute atomic E-state index is 12.7. The normalized spacial score (nSPS) is 12.8. The molecule has 0 radical (unpaired) electrons. The number of nitrogens with zero attached hydrogens (tertiary/aromatic N) is 1. The number of aromatic amines is 1. The second-order valence-corrected chi connectivity index (χ2v) is 8.89. The highest BCUT2D eigenvalue weighted by Gasteiger charge is 2.59. The molecule has 0 saturated carbocycles. The Morgan fingerprint density at radius 3 is 2.27 bits per heavy atom. The molecule has 0 saturated heterocycles. The number of ether oxygens (including phenoxy) is 1. The maximum Gasteiger partial charge on any atom is 0.434 e. The molecule has 1 heterocycles. The molecule has 5 nitrogen and oxygen atoms in total. The third kappa shape index (κ3) is 6.42. The zero-order valence-electron chi connectivity index (χ0n) is 18.9. The molecule has 0 spiro atoms. The molecular formula is C25H17F6N3O2S. The van der Waals surface area contributed by atoms with Crippen molar-refractivity contribution in [3.63, 3.8) is 0 Å². The fourth-order valence-electron chi connectivity index (χ4n) is 3.42. The topological polar surface area (TPSA) is 67.0 Å². The Morgan fingerprint density at radius 2 is 1.62 bits per heavy atom. The van der Waals surface area contributed by atoms with Crippen LogP contribution >= 0.6 is 0 Å². The molecule has 0 aliphatic heterocycles. The highest BCUT2D eigenvalue weighted by atomic mass is 32.2. The molecule has 1 unspecified atom stereocenters. The fraction of sp³-hybridized carbons (Fsp3) is 0.160. The van der Waals surface area contributed by atoms with Crippen LogP contribution in [0.3, 0.4) is 0 Å². The number of para-hydroxylation sites is 1. The number of hydrogen-bond acceptors (Lipinski definition) is 3. The summed E-state index contributed by atoms with van der Waals surface area (Å²) in [6.45, 7) is 0. The van der Waals surface area contributed by atoms with Gasteiger partial charge in [0.2, 0.25) is 0 Å². The van der Waals surface area contributed by atoms with Crippen molar-refractivity contribution in [1.29, 1.82) is 0 Å². The van der Waals surface area contributed by atoms with Gasteiger partial charge >= 0.3 is 12.4 Å². The number of rotatable bonds is 5. The molecule has 37 heavy (non-hydrogen) atoms. The summed E-state index contributed by atoms with van der Waals surface area (Å²) in [4.78, 5) is 7.44. The van der Waals surface area contributed by atoms with Gasteiger partial charge in [0.1, 0.15) is 16.7 Å². The number of imidazole rings is 1. The number of nitrogens with one attached hydrogen (secondary N) is 2. The van der Waals surface area contributed by atoms with Gasteiger partial charge in [-0.3, -0.25) is 0 Å². The summed E-state index contributed by atoms with van der Waals surface area (Å²) in [5.41, 5.74) is 4.02. The van der Waals surface area contributed by atoms with Crippen LogP contribution in [0.1, 0.15) is 11.4 Å². The van der Waals surface area contributed by atoms with Gasteiger partial charge in [-0.25, -0.2) is 9.19 Å². The molecule has 12 heteroatoms. The Hall–Kier alpha value is -3.98. The molecule has 0 aliphatic rings. The third-order valence-corrected chi connectivity index (χ3v) is 5.51. The minimum atomic E-state index is -5.61. The van der Waals surface area contributed by atoms with E-state index in [1.165, 1.54) is 18.4 Å². The Kier molecular flexibility index (Phi) is 7.18. The van der Waals surface area contributed by atoms with Crippen molar-refractivity contribution in [3.05, 3.63) is 78.1 Å². The van der Waals surface area contributed by atoms with E-state index in [4.69, 9.17) is 0 Å². The maximum atomic E-state index is 12.7. The van der Waals surface area contributed by atoms with E-state index in [0.29, 0.717) is 28.1 Å². The molecule has 4 aromatic rings. The van der Waals surface area contributed by atoms with Gasteiger partial charge in [0.05, 0.1) is 16.7 Å². The molecule has 3 aromatic carbocycles. The van der Waals surface area contributed by atoms with Crippen molar-refractivity contribution in [3.8, 4) is 28.7 Å². The Bertz CT molecular complexity index is 1490. The summed E-state index contributed by atoms with van der Waals surface area (Å²) in [6.07, 6.45) is -13.6. The first-order chi connectivity index (χ1) is 17.4. The van der Waals surface area contributed by atoms with Gasteiger partial charge in [0, 0.05) is 17.4 Å². The first-order valence-corrected chi connectivity index (χ1v) is 12.1. The van der Waals surface area contributed by atoms with Crippen LogP contribution in [0.25, 0.3) is 22.2 Å². The van der Waals surface area contributed by atoms with Crippen LogP contribution in [0.4, 0.5) is 32.0 Å². The van der Waals surface area contributed by atoms with E-state index in [1.54, 1.807) is 6.07 Å². The van der Waals surface area contributed by atoms with E-state index >= 15 is 0 Å². The molecule has 0 fully saturated rings. The van der Waals surface area contributed by atoms with Gasteiger partial charge in [-0.1, -0.05) is 30.2 Å². The van der Waals surface area contributed by atoms with Gasteiger partial charge in [0.25, 0.3) is 6.10 Å². The number of H-pyrrole nitrogens is 1. The largest absolute Gasteiger partial charge is 0.471 e. The van der Waals surface area contributed by atoms with E-state index in [-0.39, 0.29) is 0 Å². The van der Waals surface area contributed by atoms with Gasteiger partial charge in [-0.05, 0) is 53.9 Å². The number of fused-ring (bicyclic) bond motifs is 1. The molecule has 0 amide bonds. The molecule has 0 aliphatic carbocycles. The minimum absolute atomic E-state index is 0.308. The fourth-order valence-corrected chi connectivity index (χ4v) is 3.91. The number of anilines is 1. The van der Waals surface area contributed by atoms with Crippen LogP contribution in [0.15, 0.2) is 66.7 Å². The highest BCUT2D eigenvalue weighted by Crippen LogP contribution is 2.36. The van der Waals surface area contributed by atoms with Crippen LogP contribution in [-0.2, 0) is 11.0 Å². The van der Waals surface area contributed by atoms with E-state index < -0.39 is 35.2 Å². The van der Waals surface area contributed by atoms with E-state index in [9.17, 15) is 30.6 Å². The van der Waals surface area contributed by atoms with Crippen molar-refractivity contribution >= 4 is 27.7 Å². The lowest BCUT2D eigenvalue weighted by Crippen LogP contribution is -2.46. The lowest BCUT2D eigenvalue weighted by Gasteiger charge is -2.23. The Labute approximate surface area is 209 Å². The van der Waals surface area contributed by atoms with E-state index in [0.717, 1.165) is 23.3 Å². The summed E-state index contributed by atoms with van der Waals surface area (Å²) in [5, 5.41) is 0. The van der Waals surface area contributed by atoms with Gasteiger partial charge in [-0.2, -0.15) is 26.3 Å². The van der Waals surface area contributed by atoms with Crippen LogP contribution in [0.2, 0.25) is 0 Å². The molecule has 4 rings (SSSR count). The predicted octanol–water partition coefficient (Wildman–Crippen LogP) is 6.21. The number of alkyl halides is 6. The molecule has 1 aromatic heterocycles. The second kappa shape index (κ2) is 10.2. The highest BCUT2D eigenvalue weighted by molar-refractivity contribution is 7.85. The van der Waals surface area contributed by atoms with Crippen molar-refractivity contribution in [2.24, 2.45) is 0 Å². The zero-order valence-corrected chi connectivity index (χ0v) is 19.7. The third-order valence-electron chi connectivity index (χ3n) is 5.00. The van der Waals surface area contributed by atoms with Crippen molar-refractivity contribution in [2.75, 3.05) is 11.0 Å². The molecule has 192 valence electrons. The summed E-state index contributed by atoms with van der Waals surface area (Å²) >= 11 is 0. The molecule has 2 N–H and O–H groups in total. The van der Waals surface area contributed by atoms with E-state index in [2.05, 4.69) is 31.3 Å². The van der Waals surface area contributed by atoms with E-state index in [1.807, 2.05) is 36.4 Å². The quantitative estimate of drug-likeness (QED) is 0.235. The number of aromatic nitrogens is 2. The standard InChI is InChI=1S/C25H17F6N3O2S/c1-37(35)34-19-5-3-2-4-18(19)16-9-12-20-21(14-16)33-22(32-20)13-8-15-6-10-17(11-7-15)36-23(24(26,27)28)25(29,30)31/h2-7,9-12,14,23,34H,1H3,(H,32,33). The van der Waals surface area contributed by atoms with Crippen molar-refractivity contribution in [1.82, 2.24) is 9.97 Å². The smallest absolute Gasteiger partial charge is 0.434 e. The zero-order chi connectivity index (χ0) is 26.8. The number of benzene rings is 3. The summed E-state index contributed by atoms with van der Waals surface area (Å²) in [7, 11) is -1.25. The molecular weight excluding hydrogens is 520 g/mol. The SMILES string of the molecule is CS(=O)Nc1ccccc1-c1ccc2nc(C#Cc3ccc(OC(C(F)(F)F)C(F)(F)F)cc3)[nH]c2c1. The Balaban J connectivity index is 1.54. The summed E-state index contributed by atoms with van der Waals surface area (Å²) in [6, 6.07) is 17.3. The van der Waals surface area contributed by atoms with Gasteiger partial charge in [-0.15, -0.1) is 0 Å². The molecule has 0 bridgehead atoms. The monoisotopic (exact) mass is 537 g/mol. The summed E-state index contributed by atoms with van der Waals surface area (Å²) < 4.78 is 94.7. The second-order valence-electron chi connectivity index (χ2n) is 7.77. The van der Waals surface area contributed by atoms with Crippen molar-refractivity contribution in [2.45, 2.75) is 18.5 Å². The molecule has 1 atom stereocenters. The Morgan fingerprint density at radius 1 is 0.946 bits per heavy atom. The predicted molar refractivity (Wildman–Crippen MR) is 128 cm³/mol. The van der Waals surface area contributed by atoms with Crippen LogP contribution in [0, 0.1) is 11.8 Å². The van der Waals surface area contributed by atoms with Crippen molar-refractivity contribution < 1.29 is 35.3 Å². The van der Waals surface area contributed by atoms with Gasteiger partial charge in [0.15, 0.2) is 5.82 Å². The van der Waals surface area contributed by atoms with Crippen LogP contribution in [0.5, 0.6) is 5.75 Å². The minimum Gasteiger partial charge on any atom is -0.471 e. The van der Waals surface area contributed by atoms with Crippen LogP contribution in [-0.4, -0.2) is 38.9 Å². The lowest BCUT2D eigenvalue weighted by atomic mass is 10.0. The summed E-state index contributed by atoms with van der Waals surface area (Å²) in [5.74, 6) is 5.25. The number of hydrogen-bond donors (Lipinski definition) is 2. The van der Waals surface area contributed by atoms with Crippen LogP contribution < -0.4 is 9.46 Å². The number of halogens is 6. The van der Waals surface area contributed by atoms with Gasteiger partial charge < -0.3 is 14.4 Å². The average molecular weight is 537 g/mol. The average Bonchev–Trinajstić information content (AvgIpc) is 3.22. The first-order valence-electron chi connectivity index (χ1n) is 10.5.